The molecule has 3 heterocycles. The molecular weight excluding hydrogens is 268 g/mol. The number of piperidine rings is 1. The molecule has 1 saturated heterocycles. The van der Waals surface area contributed by atoms with Crippen molar-refractivity contribution in [2.45, 2.75) is 31.9 Å². The highest BCUT2D eigenvalue weighted by atomic mass is 16.5. The van der Waals surface area contributed by atoms with Gasteiger partial charge in [-0.05, 0) is 25.3 Å². The van der Waals surface area contributed by atoms with E-state index in [2.05, 4.69) is 11.0 Å². The Kier molecular flexibility index (Phi) is 4.42. The normalized spacial score (nSPS) is 26.4. The second-order valence-electron chi connectivity index (χ2n) is 6.23. The van der Waals surface area contributed by atoms with Gasteiger partial charge in [-0.3, -0.25) is 9.69 Å². The molecule has 3 unspecified atom stereocenters. The number of ether oxygens (including phenoxy) is 1. The van der Waals surface area contributed by atoms with Crippen molar-refractivity contribution >= 4 is 0 Å². The molecule has 0 radical (unpaired) electrons. The fourth-order valence-electron chi connectivity index (χ4n) is 3.75. The summed E-state index contributed by atoms with van der Waals surface area (Å²) >= 11 is 0. The number of β-amino-alcohol motifs (C(OH)–C–C–N with tert-alkyl or cyclic N) is 1. The highest BCUT2D eigenvalue weighted by Gasteiger charge is 2.34. The Morgan fingerprint density at radius 2 is 2.24 bits per heavy atom. The smallest absolute Gasteiger partial charge is 0.250 e. The number of rotatable bonds is 5. The molecule has 1 N–H and O–H groups in total. The molecule has 5 heteroatoms. The minimum absolute atomic E-state index is 0.118. The number of fused-ring (bicyclic) bond motifs is 4. The van der Waals surface area contributed by atoms with Gasteiger partial charge in [0.15, 0.2) is 0 Å². The third kappa shape index (κ3) is 3.20. The van der Waals surface area contributed by atoms with Crippen molar-refractivity contribution in [2.75, 3.05) is 32.8 Å². The summed E-state index contributed by atoms with van der Waals surface area (Å²) in [6.07, 6.45) is 0.725. The first-order valence-electron chi connectivity index (χ1n) is 7.85. The Morgan fingerprint density at radius 1 is 1.38 bits per heavy atom. The fraction of sp³-hybridized carbons (Fsp3) is 0.688. The number of aliphatic hydroxyl groups is 1. The first-order chi connectivity index (χ1) is 10.2. The van der Waals surface area contributed by atoms with Gasteiger partial charge in [0.25, 0.3) is 5.56 Å². The molecule has 116 valence electrons. The number of likely N-dealkylation sites (tertiary alicyclic amines) is 1. The van der Waals surface area contributed by atoms with Gasteiger partial charge in [0.05, 0.1) is 12.7 Å². The zero-order valence-corrected chi connectivity index (χ0v) is 12.6. The monoisotopic (exact) mass is 292 g/mol. The first kappa shape index (κ1) is 14.8. The van der Waals surface area contributed by atoms with Crippen LogP contribution in [0.25, 0.3) is 0 Å². The molecule has 0 amide bonds. The van der Waals surface area contributed by atoms with Crippen LogP contribution in [-0.4, -0.2) is 53.5 Å². The second kappa shape index (κ2) is 6.30. The molecule has 0 aromatic carbocycles. The van der Waals surface area contributed by atoms with E-state index in [4.69, 9.17) is 4.74 Å². The van der Waals surface area contributed by atoms with Crippen molar-refractivity contribution in [1.82, 2.24) is 9.47 Å². The van der Waals surface area contributed by atoms with Crippen LogP contribution in [0.4, 0.5) is 0 Å². The zero-order valence-electron chi connectivity index (χ0n) is 12.6. The lowest BCUT2D eigenvalue weighted by Crippen LogP contribution is -2.49. The van der Waals surface area contributed by atoms with Crippen LogP contribution >= 0.6 is 0 Å². The molecule has 3 rings (SSSR count). The lowest BCUT2D eigenvalue weighted by molar-refractivity contribution is 0.00625. The number of hydrogen-bond acceptors (Lipinski definition) is 4. The molecule has 1 aromatic heterocycles. The Labute approximate surface area is 125 Å². The van der Waals surface area contributed by atoms with Crippen LogP contribution in [-0.2, 0) is 11.3 Å². The van der Waals surface area contributed by atoms with Gasteiger partial charge in [-0.1, -0.05) is 6.07 Å². The summed E-state index contributed by atoms with van der Waals surface area (Å²) in [6.45, 7) is 6.32. The molecular formula is C16H24N2O3. The van der Waals surface area contributed by atoms with Crippen LogP contribution in [0.15, 0.2) is 23.0 Å². The molecule has 3 atom stereocenters. The summed E-state index contributed by atoms with van der Waals surface area (Å²) in [6, 6.07) is 5.58. The summed E-state index contributed by atoms with van der Waals surface area (Å²) in [7, 11) is 0. The van der Waals surface area contributed by atoms with Crippen molar-refractivity contribution < 1.29 is 9.84 Å². The van der Waals surface area contributed by atoms with Gasteiger partial charge in [-0.25, -0.2) is 0 Å². The molecule has 0 aliphatic carbocycles. The predicted molar refractivity (Wildman–Crippen MR) is 80.5 cm³/mol. The molecule has 1 aromatic rings. The first-order valence-corrected chi connectivity index (χ1v) is 7.85. The number of aliphatic hydroxyl groups excluding tert-OH is 1. The molecule has 0 spiro atoms. The minimum Gasteiger partial charge on any atom is -0.389 e. The lowest BCUT2D eigenvalue weighted by Gasteiger charge is -2.43. The number of hydrogen-bond donors (Lipinski definition) is 1. The van der Waals surface area contributed by atoms with Crippen molar-refractivity contribution in [2.24, 2.45) is 5.92 Å². The number of aromatic nitrogens is 1. The topological polar surface area (TPSA) is 54.7 Å². The van der Waals surface area contributed by atoms with Crippen LogP contribution in [0, 0.1) is 5.92 Å². The minimum atomic E-state index is -0.429. The van der Waals surface area contributed by atoms with E-state index in [1.807, 2.05) is 17.6 Å². The van der Waals surface area contributed by atoms with Crippen molar-refractivity contribution in [3.8, 4) is 0 Å². The number of nitrogens with zero attached hydrogens (tertiary/aromatic N) is 2. The lowest BCUT2D eigenvalue weighted by atomic mass is 9.83. The van der Waals surface area contributed by atoms with E-state index in [9.17, 15) is 9.90 Å². The van der Waals surface area contributed by atoms with E-state index in [1.54, 1.807) is 6.07 Å². The predicted octanol–water partition coefficient (Wildman–Crippen LogP) is 0.665. The van der Waals surface area contributed by atoms with Gasteiger partial charge in [-0.15, -0.1) is 0 Å². The van der Waals surface area contributed by atoms with Gasteiger partial charge < -0.3 is 14.4 Å². The third-order valence-electron chi connectivity index (χ3n) is 4.54. The molecule has 1 fully saturated rings. The third-order valence-corrected chi connectivity index (χ3v) is 4.54. The van der Waals surface area contributed by atoms with Gasteiger partial charge in [0.2, 0.25) is 0 Å². The Hall–Kier alpha value is -1.17. The van der Waals surface area contributed by atoms with Crippen molar-refractivity contribution in [3.63, 3.8) is 0 Å². The van der Waals surface area contributed by atoms with Gasteiger partial charge in [-0.2, -0.15) is 0 Å². The zero-order chi connectivity index (χ0) is 14.8. The molecule has 2 bridgehead atoms. The van der Waals surface area contributed by atoms with Crippen LogP contribution in [0.2, 0.25) is 0 Å². The second-order valence-corrected chi connectivity index (χ2v) is 6.23. The van der Waals surface area contributed by atoms with E-state index >= 15 is 0 Å². The van der Waals surface area contributed by atoms with E-state index in [0.717, 1.165) is 31.7 Å². The average molecular weight is 292 g/mol. The van der Waals surface area contributed by atoms with Gasteiger partial charge in [0, 0.05) is 50.5 Å². The Bertz CT molecular complexity index is 543. The molecule has 2 aliphatic rings. The van der Waals surface area contributed by atoms with E-state index in [1.165, 1.54) is 0 Å². The van der Waals surface area contributed by atoms with Gasteiger partial charge >= 0.3 is 0 Å². The molecule has 0 saturated carbocycles. The van der Waals surface area contributed by atoms with Gasteiger partial charge in [0.1, 0.15) is 0 Å². The van der Waals surface area contributed by atoms with Crippen molar-refractivity contribution in [3.05, 3.63) is 34.2 Å². The highest BCUT2D eigenvalue weighted by Crippen LogP contribution is 2.34. The maximum Gasteiger partial charge on any atom is 0.250 e. The standard InChI is InChI=1S/C16H24N2O3/c1-2-21-11-14(19)10-17-7-12-6-13(9-17)15-4-3-5-16(20)18(15)8-12/h3-5,12-14,19H,2,6-11H2,1H3. The summed E-state index contributed by atoms with van der Waals surface area (Å²) < 4.78 is 7.22. The van der Waals surface area contributed by atoms with E-state index in [0.29, 0.717) is 31.6 Å². The van der Waals surface area contributed by atoms with Crippen LogP contribution in [0.3, 0.4) is 0 Å². The summed E-state index contributed by atoms with van der Waals surface area (Å²) in [5.74, 6) is 0.918. The average Bonchev–Trinajstić information content (AvgIpc) is 2.46. The van der Waals surface area contributed by atoms with Crippen LogP contribution < -0.4 is 5.56 Å². The summed E-state index contributed by atoms with van der Waals surface area (Å²) in [5.41, 5.74) is 1.27. The maximum absolute atomic E-state index is 12.0. The van der Waals surface area contributed by atoms with E-state index < -0.39 is 6.10 Å². The molecule has 21 heavy (non-hydrogen) atoms. The summed E-state index contributed by atoms with van der Waals surface area (Å²) in [4.78, 5) is 14.3. The SMILES string of the molecule is CCOCC(O)CN1CC2CC(C1)c1cccc(=O)n1C2. The van der Waals surface area contributed by atoms with Crippen LogP contribution in [0.1, 0.15) is 25.0 Å². The van der Waals surface area contributed by atoms with Crippen LogP contribution in [0.5, 0.6) is 0 Å². The quantitative estimate of drug-likeness (QED) is 0.866. The molecule has 5 nitrogen and oxygen atoms in total. The maximum atomic E-state index is 12.0. The highest BCUT2D eigenvalue weighted by molar-refractivity contribution is 5.16. The van der Waals surface area contributed by atoms with E-state index in [-0.39, 0.29) is 5.56 Å². The number of pyridine rings is 1. The fourth-order valence-corrected chi connectivity index (χ4v) is 3.75. The molecule has 2 aliphatic heterocycles. The Balaban J connectivity index is 1.69. The Morgan fingerprint density at radius 3 is 3.05 bits per heavy atom. The van der Waals surface area contributed by atoms with Crippen molar-refractivity contribution in [1.29, 1.82) is 0 Å². The largest absolute Gasteiger partial charge is 0.389 e. The summed E-state index contributed by atoms with van der Waals surface area (Å²) in [5, 5.41) is 10.0.